The number of imidazole rings is 1. The number of hydrogen-bond acceptors (Lipinski definition) is 3. The van der Waals surface area contributed by atoms with Crippen LogP contribution in [-0.4, -0.2) is 45.9 Å². The first-order chi connectivity index (χ1) is 15.9. The van der Waals surface area contributed by atoms with Crippen molar-refractivity contribution in [1.82, 2.24) is 19.8 Å². The molecule has 4 aromatic rings. The summed E-state index contributed by atoms with van der Waals surface area (Å²) in [7, 11) is 0. The van der Waals surface area contributed by atoms with E-state index in [1.165, 1.54) is 17.7 Å². The van der Waals surface area contributed by atoms with Crippen LogP contribution in [0.5, 0.6) is 0 Å². The first-order valence-corrected chi connectivity index (χ1v) is 11.1. The second kappa shape index (κ2) is 9.00. The van der Waals surface area contributed by atoms with Crippen LogP contribution in [0.3, 0.4) is 0 Å². The summed E-state index contributed by atoms with van der Waals surface area (Å²) < 4.78 is 38.2. The second-order valence-electron chi connectivity index (χ2n) is 8.55. The topological polar surface area (TPSA) is 35.2 Å². The first-order valence-electron chi connectivity index (χ1n) is 11.1. The lowest BCUT2D eigenvalue weighted by atomic mass is 10.1. The SMILES string of the molecule is FC(F)(F)c1ccc(CN2CCN(Cc3ccc4[nH]c(-c5ccccc5)nc4c3)CC2)cc1. The molecule has 3 aromatic carbocycles. The number of rotatable bonds is 5. The van der Waals surface area contributed by atoms with Crippen LogP contribution < -0.4 is 0 Å². The Balaban J connectivity index is 1.17. The molecule has 0 radical (unpaired) electrons. The van der Waals surface area contributed by atoms with Crippen LogP contribution in [-0.2, 0) is 19.3 Å². The van der Waals surface area contributed by atoms with Crippen molar-refractivity contribution in [2.75, 3.05) is 26.2 Å². The molecule has 0 saturated carbocycles. The van der Waals surface area contributed by atoms with Gasteiger partial charge in [0.15, 0.2) is 0 Å². The van der Waals surface area contributed by atoms with Gasteiger partial charge >= 0.3 is 6.18 Å². The number of aromatic nitrogens is 2. The lowest BCUT2D eigenvalue weighted by molar-refractivity contribution is -0.137. The maximum Gasteiger partial charge on any atom is 0.416 e. The Bertz CT molecular complexity index is 1210. The van der Waals surface area contributed by atoms with Crippen molar-refractivity contribution < 1.29 is 13.2 Å². The zero-order valence-electron chi connectivity index (χ0n) is 18.1. The molecule has 7 heteroatoms. The number of nitrogens with zero attached hydrogens (tertiary/aromatic N) is 3. The summed E-state index contributed by atoms with van der Waals surface area (Å²) in [6, 6.07) is 22.0. The lowest BCUT2D eigenvalue weighted by Crippen LogP contribution is -2.45. The summed E-state index contributed by atoms with van der Waals surface area (Å²) in [5, 5.41) is 0. The second-order valence-corrected chi connectivity index (χ2v) is 8.55. The van der Waals surface area contributed by atoms with Gasteiger partial charge in [-0.3, -0.25) is 9.80 Å². The number of piperazine rings is 1. The van der Waals surface area contributed by atoms with Crippen molar-refractivity contribution in [2.24, 2.45) is 0 Å². The van der Waals surface area contributed by atoms with Gasteiger partial charge in [0.05, 0.1) is 16.6 Å². The van der Waals surface area contributed by atoms with E-state index in [9.17, 15) is 13.2 Å². The van der Waals surface area contributed by atoms with E-state index in [0.29, 0.717) is 6.54 Å². The highest BCUT2D eigenvalue weighted by Crippen LogP contribution is 2.29. The number of aromatic amines is 1. The predicted octanol–water partition coefficient (Wildman–Crippen LogP) is 5.57. The summed E-state index contributed by atoms with van der Waals surface area (Å²) >= 11 is 0. The third-order valence-electron chi connectivity index (χ3n) is 6.15. The third kappa shape index (κ3) is 5.10. The van der Waals surface area contributed by atoms with E-state index in [2.05, 4.69) is 33.0 Å². The molecule has 0 unspecified atom stereocenters. The monoisotopic (exact) mass is 450 g/mol. The van der Waals surface area contributed by atoms with Crippen molar-refractivity contribution in [1.29, 1.82) is 0 Å². The number of fused-ring (bicyclic) bond motifs is 1. The molecule has 33 heavy (non-hydrogen) atoms. The summed E-state index contributed by atoms with van der Waals surface area (Å²) in [5.41, 5.74) is 4.60. The molecule has 1 saturated heterocycles. The van der Waals surface area contributed by atoms with E-state index < -0.39 is 11.7 Å². The highest BCUT2D eigenvalue weighted by Gasteiger charge is 2.30. The van der Waals surface area contributed by atoms with Crippen molar-refractivity contribution in [3.05, 3.63) is 89.5 Å². The molecular weight excluding hydrogens is 425 g/mol. The number of nitrogens with one attached hydrogen (secondary N) is 1. The minimum absolute atomic E-state index is 0.596. The Hall–Kier alpha value is -3.16. The van der Waals surface area contributed by atoms with Gasteiger partial charge in [-0.15, -0.1) is 0 Å². The van der Waals surface area contributed by atoms with E-state index in [0.717, 1.165) is 60.7 Å². The van der Waals surface area contributed by atoms with Crippen LogP contribution in [0.2, 0.25) is 0 Å². The average Bonchev–Trinajstić information content (AvgIpc) is 3.24. The van der Waals surface area contributed by atoms with E-state index >= 15 is 0 Å². The van der Waals surface area contributed by atoms with E-state index in [1.807, 2.05) is 30.3 Å². The van der Waals surface area contributed by atoms with Crippen LogP contribution in [0.1, 0.15) is 16.7 Å². The molecule has 1 aromatic heterocycles. The summed E-state index contributed by atoms with van der Waals surface area (Å²) in [5.74, 6) is 0.875. The first kappa shape index (κ1) is 21.7. The Morgan fingerprint density at radius 1 is 0.758 bits per heavy atom. The fourth-order valence-electron chi connectivity index (χ4n) is 4.30. The van der Waals surface area contributed by atoms with Gasteiger partial charge in [-0.05, 0) is 35.4 Å². The molecule has 4 nitrogen and oxygen atoms in total. The third-order valence-corrected chi connectivity index (χ3v) is 6.15. The zero-order valence-corrected chi connectivity index (χ0v) is 18.1. The Morgan fingerprint density at radius 2 is 1.36 bits per heavy atom. The maximum atomic E-state index is 12.7. The van der Waals surface area contributed by atoms with Crippen molar-refractivity contribution in [3.8, 4) is 11.4 Å². The quantitative estimate of drug-likeness (QED) is 0.432. The molecule has 2 heterocycles. The van der Waals surface area contributed by atoms with Gasteiger partial charge in [0.25, 0.3) is 0 Å². The number of H-pyrrole nitrogens is 1. The molecule has 1 N–H and O–H groups in total. The average molecular weight is 451 g/mol. The number of hydrogen-bond donors (Lipinski definition) is 1. The number of benzene rings is 3. The minimum Gasteiger partial charge on any atom is -0.338 e. The highest BCUT2D eigenvalue weighted by molar-refractivity contribution is 5.80. The largest absolute Gasteiger partial charge is 0.416 e. The van der Waals surface area contributed by atoms with Gasteiger partial charge < -0.3 is 4.98 Å². The predicted molar refractivity (Wildman–Crippen MR) is 124 cm³/mol. The highest BCUT2D eigenvalue weighted by atomic mass is 19.4. The van der Waals surface area contributed by atoms with Gasteiger partial charge in [-0.1, -0.05) is 48.5 Å². The zero-order chi connectivity index (χ0) is 22.8. The Kier molecular flexibility index (Phi) is 5.91. The van der Waals surface area contributed by atoms with Crippen LogP contribution in [0.4, 0.5) is 13.2 Å². The van der Waals surface area contributed by atoms with Crippen LogP contribution in [0.25, 0.3) is 22.4 Å². The van der Waals surface area contributed by atoms with Crippen LogP contribution in [0.15, 0.2) is 72.8 Å². The van der Waals surface area contributed by atoms with Gasteiger partial charge in [-0.25, -0.2) is 4.98 Å². The van der Waals surface area contributed by atoms with E-state index in [-0.39, 0.29) is 0 Å². The summed E-state index contributed by atoms with van der Waals surface area (Å²) in [6.45, 7) is 5.17. The molecule has 170 valence electrons. The molecule has 0 aliphatic carbocycles. The fraction of sp³-hybridized carbons (Fsp3) is 0.269. The van der Waals surface area contributed by atoms with Gasteiger partial charge in [0, 0.05) is 44.8 Å². The summed E-state index contributed by atoms with van der Waals surface area (Å²) in [4.78, 5) is 12.9. The molecule has 1 aliphatic rings. The molecule has 0 amide bonds. The molecule has 5 rings (SSSR count). The molecule has 1 aliphatic heterocycles. The van der Waals surface area contributed by atoms with Gasteiger partial charge in [-0.2, -0.15) is 13.2 Å². The van der Waals surface area contributed by atoms with E-state index in [4.69, 9.17) is 4.98 Å². The standard InChI is InChI=1S/C26H25F3N4/c27-26(28,29)22-9-6-19(7-10-22)17-32-12-14-33(15-13-32)18-20-8-11-23-24(16-20)31-25(30-23)21-4-2-1-3-5-21/h1-11,16H,12-15,17-18H2,(H,30,31). The van der Waals surface area contributed by atoms with Crippen molar-refractivity contribution in [3.63, 3.8) is 0 Å². The number of alkyl halides is 3. The Labute approximate surface area is 190 Å². The normalized spacial score (nSPS) is 15.8. The maximum absolute atomic E-state index is 12.7. The molecule has 0 bridgehead atoms. The van der Waals surface area contributed by atoms with E-state index in [1.54, 1.807) is 12.1 Å². The van der Waals surface area contributed by atoms with Gasteiger partial charge in [0.1, 0.15) is 5.82 Å². The smallest absolute Gasteiger partial charge is 0.338 e. The molecule has 0 spiro atoms. The molecular formula is C26H25F3N4. The van der Waals surface area contributed by atoms with Crippen LogP contribution in [0, 0.1) is 0 Å². The molecule has 0 atom stereocenters. The van der Waals surface area contributed by atoms with Crippen LogP contribution >= 0.6 is 0 Å². The van der Waals surface area contributed by atoms with Gasteiger partial charge in [0.2, 0.25) is 0 Å². The minimum atomic E-state index is -4.29. The molecule has 1 fully saturated rings. The van der Waals surface area contributed by atoms with Crippen molar-refractivity contribution in [2.45, 2.75) is 19.3 Å². The fourth-order valence-corrected chi connectivity index (χ4v) is 4.30. The Morgan fingerprint density at radius 3 is 2.00 bits per heavy atom. The summed E-state index contributed by atoms with van der Waals surface area (Å²) in [6.07, 6.45) is -4.29. The number of halogens is 3. The lowest BCUT2D eigenvalue weighted by Gasteiger charge is -2.34. The van der Waals surface area contributed by atoms with Crippen molar-refractivity contribution >= 4 is 11.0 Å².